The Balaban J connectivity index is 1.63. The summed E-state index contributed by atoms with van der Waals surface area (Å²) < 4.78 is 19.1. The van der Waals surface area contributed by atoms with E-state index in [1.165, 1.54) is 11.6 Å². The molecule has 0 spiro atoms. The third-order valence-electron chi connectivity index (χ3n) is 4.65. The molecule has 122 valence electrons. The largest absolute Gasteiger partial charge is 0.497 e. The van der Waals surface area contributed by atoms with Gasteiger partial charge in [0.1, 0.15) is 11.6 Å². The Bertz CT molecular complexity index is 636. The van der Waals surface area contributed by atoms with Crippen LogP contribution in [0.3, 0.4) is 0 Å². The van der Waals surface area contributed by atoms with E-state index in [0.717, 1.165) is 31.9 Å². The summed E-state index contributed by atoms with van der Waals surface area (Å²) in [6.07, 6.45) is 0. The Hall–Kier alpha value is -2.07. The molecule has 3 rings (SSSR count). The van der Waals surface area contributed by atoms with Crippen molar-refractivity contribution in [3.8, 4) is 5.75 Å². The van der Waals surface area contributed by atoms with Gasteiger partial charge in [-0.05, 0) is 36.8 Å². The highest BCUT2D eigenvalue weighted by Gasteiger charge is 2.23. The van der Waals surface area contributed by atoms with E-state index < -0.39 is 0 Å². The van der Waals surface area contributed by atoms with Crippen LogP contribution < -0.4 is 9.64 Å². The molecular weight excluding hydrogens is 291 g/mol. The molecule has 0 radical (unpaired) electrons. The summed E-state index contributed by atoms with van der Waals surface area (Å²) in [5.74, 6) is 0.745. The van der Waals surface area contributed by atoms with E-state index >= 15 is 0 Å². The highest BCUT2D eigenvalue weighted by molar-refractivity contribution is 5.48. The zero-order valence-electron chi connectivity index (χ0n) is 13.7. The van der Waals surface area contributed by atoms with Crippen molar-refractivity contribution < 1.29 is 9.13 Å². The second-order valence-electron chi connectivity index (χ2n) is 5.92. The summed E-state index contributed by atoms with van der Waals surface area (Å²) in [6.45, 7) is 5.78. The van der Waals surface area contributed by atoms with Gasteiger partial charge in [0.05, 0.1) is 12.8 Å². The van der Waals surface area contributed by atoms with Crippen LogP contribution in [0, 0.1) is 5.82 Å². The van der Waals surface area contributed by atoms with Crippen LogP contribution >= 0.6 is 0 Å². The second-order valence-corrected chi connectivity index (χ2v) is 5.92. The van der Waals surface area contributed by atoms with Crippen LogP contribution in [-0.2, 0) is 0 Å². The summed E-state index contributed by atoms with van der Waals surface area (Å²) in [5, 5.41) is 0. The zero-order valence-corrected chi connectivity index (χ0v) is 13.7. The van der Waals surface area contributed by atoms with E-state index in [-0.39, 0.29) is 5.82 Å². The lowest BCUT2D eigenvalue weighted by atomic mass is 10.1. The van der Waals surface area contributed by atoms with Gasteiger partial charge in [-0.1, -0.05) is 24.3 Å². The van der Waals surface area contributed by atoms with Crippen LogP contribution in [0.15, 0.2) is 48.5 Å². The molecule has 4 heteroatoms. The molecule has 1 aliphatic rings. The lowest BCUT2D eigenvalue weighted by Crippen LogP contribution is -2.47. The van der Waals surface area contributed by atoms with Gasteiger partial charge in [0.2, 0.25) is 0 Å². The van der Waals surface area contributed by atoms with E-state index in [4.69, 9.17) is 4.74 Å². The fourth-order valence-electron chi connectivity index (χ4n) is 3.15. The van der Waals surface area contributed by atoms with Crippen LogP contribution in [0.2, 0.25) is 0 Å². The predicted molar refractivity (Wildman–Crippen MR) is 91.6 cm³/mol. The van der Waals surface area contributed by atoms with Crippen molar-refractivity contribution in [1.29, 1.82) is 0 Å². The van der Waals surface area contributed by atoms with E-state index in [1.807, 2.05) is 24.3 Å². The van der Waals surface area contributed by atoms with Crippen molar-refractivity contribution in [1.82, 2.24) is 4.90 Å². The number of nitrogens with zero attached hydrogens (tertiary/aromatic N) is 2. The molecule has 1 saturated heterocycles. The maximum Gasteiger partial charge on any atom is 0.146 e. The third-order valence-corrected chi connectivity index (χ3v) is 4.65. The molecule has 2 aromatic rings. The summed E-state index contributed by atoms with van der Waals surface area (Å²) in [7, 11) is 1.68. The number of para-hydroxylation sites is 1. The van der Waals surface area contributed by atoms with Gasteiger partial charge in [0, 0.05) is 32.2 Å². The van der Waals surface area contributed by atoms with Crippen molar-refractivity contribution in [2.45, 2.75) is 13.0 Å². The minimum Gasteiger partial charge on any atom is -0.497 e. The van der Waals surface area contributed by atoms with Crippen molar-refractivity contribution in [2.75, 3.05) is 38.2 Å². The molecule has 0 amide bonds. The number of piperazine rings is 1. The Kier molecular flexibility index (Phi) is 4.82. The lowest BCUT2D eigenvalue weighted by molar-refractivity contribution is 0.198. The van der Waals surface area contributed by atoms with Crippen molar-refractivity contribution in [3.05, 3.63) is 59.9 Å². The van der Waals surface area contributed by atoms with Crippen LogP contribution in [0.4, 0.5) is 10.1 Å². The minimum atomic E-state index is -0.135. The average molecular weight is 314 g/mol. The van der Waals surface area contributed by atoms with Gasteiger partial charge in [-0.25, -0.2) is 4.39 Å². The van der Waals surface area contributed by atoms with E-state index in [9.17, 15) is 4.39 Å². The number of hydrogen-bond donors (Lipinski definition) is 0. The van der Waals surface area contributed by atoms with Gasteiger partial charge in [-0.15, -0.1) is 0 Å². The molecule has 1 aliphatic heterocycles. The standard InChI is InChI=1S/C19H23FN2O/c1-15(16-7-9-17(23-2)10-8-16)21-11-13-22(14-12-21)19-6-4-3-5-18(19)20/h3-10,15H,11-14H2,1-2H3. The van der Waals surface area contributed by atoms with Gasteiger partial charge >= 0.3 is 0 Å². The summed E-state index contributed by atoms with van der Waals surface area (Å²) in [5.41, 5.74) is 1.99. The lowest BCUT2D eigenvalue weighted by Gasteiger charge is -2.39. The normalized spacial score (nSPS) is 17.1. The van der Waals surface area contributed by atoms with Gasteiger partial charge < -0.3 is 9.64 Å². The number of anilines is 1. The Morgan fingerprint density at radius 1 is 0.957 bits per heavy atom. The Morgan fingerprint density at radius 2 is 1.61 bits per heavy atom. The van der Waals surface area contributed by atoms with Crippen LogP contribution in [0.25, 0.3) is 0 Å². The first-order valence-corrected chi connectivity index (χ1v) is 8.06. The Labute approximate surface area is 137 Å². The van der Waals surface area contributed by atoms with Crippen molar-refractivity contribution >= 4 is 5.69 Å². The first-order valence-electron chi connectivity index (χ1n) is 8.06. The SMILES string of the molecule is COc1ccc(C(C)N2CCN(c3ccccc3F)CC2)cc1. The summed E-state index contributed by atoms with van der Waals surface area (Å²) in [6, 6.07) is 15.6. The molecule has 3 nitrogen and oxygen atoms in total. The highest BCUT2D eigenvalue weighted by Crippen LogP contribution is 2.26. The van der Waals surface area contributed by atoms with Crippen molar-refractivity contribution in [3.63, 3.8) is 0 Å². The number of ether oxygens (including phenoxy) is 1. The number of benzene rings is 2. The molecule has 0 N–H and O–H groups in total. The van der Waals surface area contributed by atoms with E-state index in [0.29, 0.717) is 11.7 Å². The highest BCUT2D eigenvalue weighted by atomic mass is 19.1. The molecule has 2 aromatic carbocycles. The van der Waals surface area contributed by atoms with Gasteiger partial charge in [0.25, 0.3) is 0 Å². The smallest absolute Gasteiger partial charge is 0.146 e. The molecule has 23 heavy (non-hydrogen) atoms. The van der Waals surface area contributed by atoms with Gasteiger partial charge in [-0.2, -0.15) is 0 Å². The molecule has 0 aliphatic carbocycles. The molecule has 0 bridgehead atoms. The fraction of sp³-hybridized carbons (Fsp3) is 0.368. The maximum atomic E-state index is 13.9. The first kappa shape index (κ1) is 15.8. The molecule has 1 fully saturated rings. The summed E-state index contributed by atoms with van der Waals surface area (Å²) >= 11 is 0. The predicted octanol–water partition coefficient (Wildman–Crippen LogP) is 3.72. The Morgan fingerprint density at radius 3 is 2.22 bits per heavy atom. The summed E-state index contributed by atoms with van der Waals surface area (Å²) in [4.78, 5) is 4.58. The fourth-order valence-corrected chi connectivity index (χ4v) is 3.15. The van der Waals surface area contributed by atoms with Crippen LogP contribution in [0.1, 0.15) is 18.5 Å². The van der Waals surface area contributed by atoms with E-state index in [1.54, 1.807) is 13.2 Å². The van der Waals surface area contributed by atoms with Gasteiger partial charge in [0.15, 0.2) is 0 Å². The molecular formula is C19H23FN2O. The maximum absolute atomic E-state index is 13.9. The number of hydrogen-bond acceptors (Lipinski definition) is 3. The second kappa shape index (κ2) is 7.01. The number of halogens is 1. The van der Waals surface area contributed by atoms with E-state index in [2.05, 4.69) is 28.9 Å². The molecule has 1 unspecified atom stereocenters. The first-order chi connectivity index (χ1) is 11.2. The molecule has 0 aromatic heterocycles. The molecule has 0 saturated carbocycles. The average Bonchev–Trinajstić information content (AvgIpc) is 2.62. The third kappa shape index (κ3) is 3.48. The molecule has 1 heterocycles. The molecule has 1 atom stereocenters. The number of rotatable bonds is 4. The number of methoxy groups -OCH3 is 1. The van der Waals surface area contributed by atoms with Gasteiger partial charge in [-0.3, -0.25) is 4.90 Å². The van der Waals surface area contributed by atoms with Crippen molar-refractivity contribution in [2.24, 2.45) is 0 Å². The minimum absolute atomic E-state index is 0.135. The zero-order chi connectivity index (χ0) is 16.2. The van der Waals surface area contributed by atoms with Crippen LogP contribution in [0.5, 0.6) is 5.75 Å². The van der Waals surface area contributed by atoms with Crippen LogP contribution in [-0.4, -0.2) is 38.2 Å². The quantitative estimate of drug-likeness (QED) is 0.855. The topological polar surface area (TPSA) is 15.7 Å². The monoisotopic (exact) mass is 314 g/mol.